The number of hydrogen-bond donors (Lipinski definition) is 0. The van der Waals surface area contributed by atoms with Crippen LogP contribution < -0.4 is 14.5 Å². The summed E-state index contributed by atoms with van der Waals surface area (Å²) in [5, 5.41) is 20.3. The van der Waals surface area contributed by atoms with Gasteiger partial charge in [0.2, 0.25) is 0 Å². The summed E-state index contributed by atoms with van der Waals surface area (Å²) in [5.74, 6) is 0.734. The molecule has 5 heteroatoms. The van der Waals surface area contributed by atoms with E-state index in [2.05, 4.69) is 73.9 Å². The molecule has 0 radical (unpaired) electrons. The molecule has 2 aromatic carbocycles. The van der Waals surface area contributed by atoms with Crippen LogP contribution in [0.2, 0.25) is 0 Å². The Labute approximate surface area is 209 Å². The number of rotatable bonds is 2. The summed E-state index contributed by atoms with van der Waals surface area (Å²) in [5.41, 5.74) is 8.72. The standard InChI is InChI=1S/C30H34N4O/c1-20-10-12-25(13-11-20)33-14-16-34(17-15-33)28-21(2)22(3)29-26(23(28)4)27(24-8-6-5-7-9-24)30(18-31,19-32)35-29/h10-13H,5-9,14-17H2,1-4H3. The Morgan fingerprint density at radius 2 is 1.37 bits per heavy atom. The van der Waals surface area contributed by atoms with Crippen LogP contribution in [0.3, 0.4) is 0 Å². The van der Waals surface area contributed by atoms with Crippen LogP contribution in [0, 0.1) is 50.4 Å². The molecule has 0 N–H and O–H groups in total. The van der Waals surface area contributed by atoms with Gasteiger partial charge in [0.25, 0.3) is 0 Å². The summed E-state index contributed by atoms with van der Waals surface area (Å²) >= 11 is 0. The SMILES string of the molecule is Cc1ccc(N2CCN(c3c(C)c(C)c4c(c3C)C(=C3CCCCC3)C(C#N)(C#N)O4)CC2)cc1. The molecule has 0 aromatic heterocycles. The van der Waals surface area contributed by atoms with Crippen LogP contribution in [-0.4, -0.2) is 31.8 Å². The van der Waals surface area contributed by atoms with Gasteiger partial charge < -0.3 is 14.5 Å². The summed E-state index contributed by atoms with van der Waals surface area (Å²) in [6.45, 7) is 12.3. The van der Waals surface area contributed by atoms with Gasteiger partial charge in [-0.25, -0.2) is 0 Å². The average molecular weight is 467 g/mol. The largest absolute Gasteiger partial charge is 0.454 e. The Kier molecular flexibility index (Phi) is 5.97. The van der Waals surface area contributed by atoms with Gasteiger partial charge in [0.1, 0.15) is 17.9 Å². The van der Waals surface area contributed by atoms with Gasteiger partial charge in [-0.05, 0) is 82.2 Å². The first-order valence-corrected chi connectivity index (χ1v) is 12.8. The van der Waals surface area contributed by atoms with E-state index >= 15 is 0 Å². The van der Waals surface area contributed by atoms with Crippen LogP contribution in [0.25, 0.3) is 5.57 Å². The van der Waals surface area contributed by atoms with E-state index in [-0.39, 0.29) is 0 Å². The van der Waals surface area contributed by atoms with Crippen LogP contribution in [0.15, 0.2) is 29.8 Å². The molecule has 35 heavy (non-hydrogen) atoms. The third-order valence-corrected chi connectivity index (χ3v) is 8.19. The van der Waals surface area contributed by atoms with Crippen molar-refractivity contribution in [2.45, 2.75) is 65.4 Å². The van der Waals surface area contributed by atoms with Crippen molar-refractivity contribution in [3.63, 3.8) is 0 Å². The molecular weight excluding hydrogens is 432 g/mol. The number of ether oxygens (including phenoxy) is 1. The molecule has 0 atom stereocenters. The second-order valence-electron chi connectivity index (χ2n) is 10.3. The summed E-state index contributed by atoms with van der Waals surface area (Å²) in [7, 11) is 0. The summed E-state index contributed by atoms with van der Waals surface area (Å²) < 4.78 is 6.27. The first-order valence-electron chi connectivity index (χ1n) is 12.8. The summed E-state index contributed by atoms with van der Waals surface area (Å²) in [6.07, 6.45) is 5.32. The number of aryl methyl sites for hydroxylation is 1. The number of nitriles is 2. The van der Waals surface area contributed by atoms with Crippen LogP contribution in [0.5, 0.6) is 5.75 Å². The maximum absolute atomic E-state index is 10.2. The van der Waals surface area contributed by atoms with Crippen LogP contribution in [0.4, 0.5) is 11.4 Å². The van der Waals surface area contributed by atoms with Crippen LogP contribution in [0.1, 0.15) is 59.9 Å². The van der Waals surface area contributed by atoms with Gasteiger partial charge in [-0.2, -0.15) is 10.5 Å². The second-order valence-corrected chi connectivity index (χ2v) is 10.3. The van der Waals surface area contributed by atoms with Gasteiger partial charge in [-0.3, -0.25) is 0 Å². The molecule has 5 nitrogen and oxygen atoms in total. The molecule has 5 rings (SSSR count). The Balaban J connectivity index is 1.55. The van der Waals surface area contributed by atoms with E-state index in [4.69, 9.17) is 4.74 Å². The van der Waals surface area contributed by atoms with Crippen molar-refractivity contribution in [2.24, 2.45) is 0 Å². The number of benzene rings is 2. The predicted molar refractivity (Wildman–Crippen MR) is 141 cm³/mol. The van der Waals surface area contributed by atoms with E-state index < -0.39 is 5.60 Å². The first-order chi connectivity index (χ1) is 16.9. The van der Waals surface area contributed by atoms with Crippen molar-refractivity contribution in [3.05, 3.63) is 57.7 Å². The zero-order chi connectivity index (χ0) is 24.7. The van der Waals surface area contributed by atoms with Crippen molar-refractivity contribution < 1.29 is 4.74 Å². The molecule has 1 aliphatic carbocycles. The Bertz CT molecular complexity index is 1250. The van der Waals surface area contributed by atoms with Crippen molar-refractivity contribution in [1.82, 2.24) is 0 Å². The maximum Gasteiger partial charge on any atom is 0.306 e. The third-order valence-electron chi connectivity index (χ3n) is 8.19. The van der Waals surface area contributed by atoms with E-state index in [0.29, 0.717) is 0 Å². The molecule has 180 valence electrons. The van der Waals surface area contributed by atoms with Gasteiger partial charge in [-0.15, -0.1) is 0 Å². The van der Waals surface area contributed by atoms with Gasteiger partial charge >= 0.3 is 5.60 Å². The zero-order valence-corrected chi connectivity index (χ0v) is 21.4. The number of fused-ring (bicyclic) bond motifs is 1. The van der Waals surface area contributed by atoms with Crippen molar-refractivity contribution in [1.29, 1.82) is 10.5 Å². The molecule has 1 saturated carbocycles. The number of anilines is 2. The maximum atomic E-state index is 10.2. The van der Waals surface area contributed by atoms with Crippen LogP contribution >= 0.6 is 0 Å². The smallest absolute Gasteiger partial charge is 0.306 e. The third kappa shape index (κ3) is 3.75. The monoisotopic (exact) mass is 466 g/mol. The lowest BCUT2D eigenvalue weighted by Crippen LogP contribution is -2.47. The molecule has 2 aliphatic heterocycles. The predicted octanol–water partition coefficient (Wildman–Crippen LogP) is 6.14. The van der Waals surface area contributed by atoms with Gasteiger partial charge in [0, 0.05) is 48.7 Å². The average Bonchev–Trinajstić information content (AvgIpc) is 3.25. The molecule has 2 fully saturated rings. The Morgan fingerprint density at radius 3 is 1.97 bits per heavy atom. The fourth-order valence-electron chi connectivity index (χ4n) is 6.17. The highest BCUT2D eigenvalue weighted by Gasteiger charge is 2.49. The Morgan fingerprint density at radius 1 is 0.771 bits per heavy atom. The number of allylic oxidation sites excluding steroid dienone is 1. The van der Waals surface area contributed by atoms with E-state index in [0.717, 1.165) is 79.9 Å². The zero-order valence-electron chi connectivity index (χ0n) is 21.4. The highest BCUT2D eigenvalue weighted by molar-refractivity contribution is 5.93. The summed E-state index contributed by atoms with van der Waals surface area (Å²) in [4.78, 5) is 4.94. The minimum atomic E-state index is -1.54. The molecule has 3 aliphatic rings. The van der Waals surface area contributed by atoms with Crippen molar-refractivity contribution in [2.75, 3.05) is 36.0 Å². The molecule has 2 aromatic rings. The van der Waals surface area contributed by atoms with Crippen molar-refractivity contribution in [3.8, 4) is 17.9 Å². The lowest BCUT2D eigenvalue weighted by atomic mass is 9.80. The minimum Gasteiger partial charge on any atom is -0.454 e. The van der Waals surface area contributed by atoms with Gasteiger partial charge in [0.05, 0.1) is 0 Å². The Hall–Kier alpha value is -3.44. The molecule has 2 heterocycles. The normalized spacial score (nSPS) is 19.1. The number of nitrogens with zero attached hydrogens (tertiary/aromatic N) is 4. The fourth-order valence-corrected chi connectivity index (χ4v) is 6.17. The van der Waals surface area contributed by atoms with E-state index in [1.165, 1.54) is 34.5 Å². The minimum absolute atomic E-state index is 0.734. The molecular formula is C30H34N4O. The highest BCUT2D eigenvalue weighted by atomic mass is 16.5. The quantitative estimate of drug-likeness (QED) is 0.532. The van der Waals surface area contributed by atoms with E-state index in [1.807, 2.05) is 0 Å². The molecule has 0 amide bonds. The molecule has 1 saturated heterocycles. The first kappa shape index (κ1) is 23.3. The van der Waals surface area contributed by atoms with E-state index in [9.17, 15) is 10.5 Å². The topological polar surface area (TPSA) is 63.3 Å². The molecule has 0 bridgehead atoms. The van der Waals surface area contributed by atoms with E-state index in [1.54, 1.807) is 0 Å². The molecule has 0 unspecified atom stereocenters. The lowest BCUT2D eigenvalue weighted by molar-refractivity contribution is 0.261. The van der Waals surface area contributed by atoms with Crippen LogP contribution in [-0.2, 0) is 0 Å². The van der Waals surface area contributed by atoms with Gasteiger partial charge in [0.15, 0.2) is 0 Å². The summed E-state index contributed by atoms with van der Waals surface area (Å²) in [6, 6.07) is 13.3. The second kappa shape index (κ2) is 8.97. The lowest BCUT2D eigenvalue weighted by Gasteiger charge is -2.39. The molecule has 0 spiro atoms. The van der Waals surface area contributed by atoms with Crippen molar-refractivity contribution >= 4 is 16.9 Å². The number of hydrogen-bond acceptors (Lipinski definition) is 5. The highest BCUT2D eigenvalue weighted by Crippen LogP contribution is 2.53. The number of piperazine rings is 1. The fraction of sp³-hybridized carbons (Fsp3) is 0.467. The van der Waals surface area contributed by atoms with Gasteiger partial charge in [-0.1, -0.05) is 29.7 Å².